The Morgan fingerprint density at radius 2 is 1.71 bits per heavy atom. The fourth-order valence-electron chi connectivity index (χ4n) is 2.31. The maximum atomic E-state index is 4.47. The molecular formula is C18H19N3. The zero-order valence-electron chi connectivity index (χ0n) is 12.6. The Bertz CT molecular complexity index is 723. The van der Waals surface area contributed by atoms with Crippen molar-refractivity contribution in [3.63, 3.8) is 0 Å². The molecule has 2 heterocycles. The van der Waals surface area contributed by atoms with Gasteiger partial charge in [0.15, 0.2) is 0 Å². The summed E-state index contributed by atoms with van der Waals surface area (Å²) in [6, 6.07) is 14.6. The number of benzene rings is 1. The topological polar surface area (TPSA) is 41.6 Å². The molecule has 0 atom stereocenters. The second-order valence-electron chi connectivity index (χ2n) is 6.23. The molecule has 1 N–H and O–H groups in total. The van der Waals surface area contributed by atoms with Gasteiger partial charge in [0.05, 0.1) is 11.4 Å². The van der Waals surface area contributed by atoms with Gasteiger partial charge in [0.25, 0.3) is 0 Å². The van der Waals surface area contributed by atoms with Gasteiger partial charge in [0.2, 0.25) is 0 Å². The second kappa shape index (κ2) is 5.17. The van der Waals surface area contributed by atoms with Crippen molar-refractivity contribution in [3.05, 3.63) is 60.4 Å². The molecule has 2 aromatic heterocycles. The SMILES string of the molecule is CC(C)(C)c1cc(-c2ccccn2)cc(-c2ccn[nH]2)c1. The predicted molar refractivity (Wildman–Crippen MR) is 86.0 cm³/mol. The van der Waals surface area contributed by atoms with Crippen LogP contribution in [0.15, 0.2) is 54.9 Å². The van der Waals surface area contributed by atoms with Crippen molar-refractivity contribution in [2.45, 2.75) is 26.2 Å². The molecule has 106 valence electrons. The van der Waals surface area contributed by atoms with Gasteiger partial charge >= 0.3 is 0 Å². The predicted octanol–water partition coefficient (Wildman–Crippen LogP) is 4.44. The summed E-state index contributed by atoms with van der Waals surface area (Å²) >= 11 is 0. The first-order valence-corrected chi connectivity index (χ1v) is 7.11. The molecule has 0 saturated carbocycles. The number of nitrogens with zero attached hydrogens (tertiary/aromatic N) is 2. The van der Waals surface area contributed by atoms with E-state index in [0.29, 0.717) is 0 Å². The van der Waals surface area contributed by atoms with Gasteiger partial charge in [-0.1, -0.05) is 26.8 Å². The van der Waals surface area contributed by atoms with Crippen molar-refractivity contribution in [2.75, 3.05) is 0 Å². The lowest BCUT2D eigenvalue weighted by atomic mass is 9.84. The number of rotatable bonds is 2. The molecule has 3 nitrogen and oxygen atoms in total. The van der Waals surface area contributed by atoms with Gasteiger partial charge in [-0.25, -0.2) is 0 Å². The minimum atomic E-state index is 0.0829. The molecular weight excluding hydrogens is 258 g/mol. The Morgan fingerprint density at radius 1 is 0.905 bits per heavy atom. The summed E-state index contributed by atoms with van der Waals surface area (Å²) in [6.45, 7) is 6.67. The van der Waals surface area contributed by atoms with E-state index in [2.05, 4.69) is 54.2 Å². The van der Waals surface area contributed by atoms with E-state index in [1.165, 1.54) is 5.56 Å². The van der Waals surface area contributed by atoms with E-state index >= 15 is 0 Å². The Kier molecular flexibility index (Phi) is 3.34. The molecule has 0 radical (unpaired) electrons. The number of pyridine rings is 1. The molecule has 0 spiro atoms. The van der Waals surface area contributed by atoms with Crippen LogP contribution < -0.4 is 0 Å². The van der Waals surface area contributed by atoms with E-state index in [0.717, 1.165) is 22.5 Å². The first-order valence-electron chi connectivity index (χ1n) is 7.11. The Balaban J connectivity index is 2.19. The summed E-state index contributed by atoms with van der Waals surface area (Å²) in [7, 11) is 0. The monoisotopic (exact) mass is 277 g/mol. The number of hydrogen-bond donors (Lipinski definition) is 1. The minimum Gasteiger partial charge on any atom is -0.278 e. The van der Waals surface area contributed by atoms with Crippen LogP contribution >= 0.6 is 0 Å². The zero-order chi connectivity index (χ0) is 14.9. The van der Waals surface area contributed by atoms with E-state index < -0.39 is 0 Å². The van der Waals surface area contributed by atoms with Crippen molar-refractivity contribution in [3.8, 4) is 22.5 Å². The lowest BCUT2D eigenvalue weighted by Crippen LogP contribution is -2.11. The summed E-state index contributed by atoms with van der Waals surface area (Å²) in [5, 5.41) is 7.09. The largest absolute Gasteiger partial charge is 0.278 e. The van der Waals surface area contributed by atoms with Crippen LogP contribution in [0.2, 0.25) is 0 Å². The summed E-state index contributed by atoms with van der Waals surface area (Å²) in [4.78, 5) is 4.47. The molecule has 3 heteroatoms. The van der Waals surface area contributed by atoms with Crippen LogP contribution in [0.1, 0.15) is 26.3 Å². The Hall–Kier alpha value is -2.42. The Labute approximate surface area is 125 Å². The van der Waals surface area contributed by atoms with Crippen LogP contribution in [0.25, 0.3) is 22.5 Å². The van der Waals surface area contributed by atoms with E-state index in [9.17, 15) is 0 Å². The first-order chi connectivity index (χ1) is 10.0. The molecule has 3 rings (SSSR count). The molecule has 0 saturated heterocycles. The molecule has 0 unspecified atom stereocenters. The summed E-state index contributed by atoms with van der Waals surface area (Å²) < 4.78 is 0. The molecule has 0 aliphatic carbocycles. The van der Waals surface area contributed by atoms with Crippen molar-refractivity contribution in [2.24, 2.45) is 0 Å². The number of H-pyrrole nitrogens is 1. The van der Waals surface area contributed by atoms with Crippen molar-refractivity contribution < 1.29 is 0 Å². The number of aromatic nitrogens is 3. The fraction of sp³-hybridized carbons (Fsp3) is 0.222. The third-order valence-corrected chi connectivity index (χ3v) is 3.57. The average Bonchev–Trinajstić information content (AvgIpc) is 3.01. The standard InChI is InChI=1S/C18H19N3/c1-18(2,3)15-11-13(16-6-4-5-8-19-16)10-14(12-15)17-7-9-20-21-17/h4-12H,1-3H3,(H,20,21). The van der Waals surface area contributed by atoms with Crippen LogP contribution in [-0.2, 0) is 5.41 Å². The van der Waals surface area contributed by atoms with Crippen molar-refractivity contribution in [1.29, 1.82) is 0 Å². The molecule has 0 aliphatic rings. The zero-order valence-corrected chi connectivity index (χ0v) is 12.6. The molecule has 0 aliphatic heterocycles. The van der Waals surface area contributed by atoms with Gasteiger partial charge < -0.3 is 0 Å². The summed E-state index contributed by atoms with van der Waals surface area (Å²) in [5.41, 5.74) is 5.66. The quantitative estimate of drug-likeness (QED) is 0.752. The van der Waals surface area contributed by atoms with Crippen molar-refractivity contribution in [1.82, 2.24) is 15.2 Å². The highest BCUT2D eigenvalue weighted by Gasteiger charge is 2.17. The summed E-state index contributed by atoms with van der Waals surface area (Å²) in [5.74, 6) is 0. The van der Waals surface area contributed by atoms with Crippen LogP contribution in [0.3, 0.4) is 0 Å². The number of hydrogen-bond acceptors (Lipinski definition) is 2. The van der Waals surface area contributed by atoms with Crippen LogP contribution in [0.5, 0.6) is 0 Å². The highest BCUT2D eigenvalue weighted by Crippen LogP contribution is 2.31. The van der Waals surface area contributed by atoms with E-state index in [1.54, 1.807) is 6.20 Å². The molecule has 0 fully saturated rings. The molecule has 0 amide bonds. The van der Waals surface area contributed by atoms with Crippen LogP contribution in [0.4, 0.5) is 0 Å². The number of aromatic amines is 1. The van der Waals surface area contributed by atoms with E-state index in [-0.39, 0.29) is 5.41 Å². The van der Waals surface area contributed by atoms with Crippen molar-refractivity contribution >= 4 is 0 Å². The first kappa shape index (κ1) is 13.6. The van der Waals surface area contributed by atoms with Crippen LogP contribution in [-0.4, -0.2) is 15.2 Å². The number of nitrogens with one attached hydrogen (secondary N) is 1. The minimum absolute atomic E-state index is 0.0829. The van der Waals surface area contributed by atoms with Gasteiger partial charge in [-0.15, -0.1) is 0 Å². The lowest BCUT2D eigenvalue weighted by molar-refractivity contribution is 0.590. The van der Waals surface area contributed by atoms with Gasteiger partial charge in [-0.05, 0) is 47.4 Å². The lowest BCUT2D eigenvalue weighted by Gasteiger charge is -2.21. The maximum Gasteiger partial charge on any atom is 0.0702 e. The van der Waals surface area contributed by atoms with Gasteiger partial charge in [0, 0.05) is 23.5 Å². The molecule has 3 aromatic rings. The van der Waals surface area contributed by atoms with E-state index in [1.807, 2.05) is 30.5 Å². The molecule has 1 aromatic carbocycles. The molecule has 0 bridgehead atoms. The third-order valence-electron chi connectivity index (χ3n) is 3.57. The highest BCUT2D eigenvalue weighted by molar-refractivity contribution is 5.71. The maximum absolute atomic E-state index is 4.47. The fourth-order valence-corrected chi connectivity index (χ4v) is 2.31. The van der Waals surface area contributed by atoms with Crippen LogP contribution in [0, 0.1) is 0 Å². The van der Waals surface area contributed by atoms with Gasteiger partial charge in [-0.2, -0.15) is 5.10 Å². The average molecular weight is 277 g/mol. The normalized spacial score (nSPS) is 11.6. The highest BCUT2D eigenvalue weighted by atomic mass is 15.1. The van der Waals surface area contributed by atoms with Gasteiger partial charge in [-0.3, -0.25) is 10.1 Å². The van der Waals surface area contributed by atoms with E-state index in [4.69, 9.17) is 0 Å². The Morgan fingerprint density at radius 3 is 2.33 bits per heavy atom. The second-order valence-corrected chi connectivity index (χ2v) is 6.23. The van der Waals surface area contributed by atoms with Gasteiger partial charge in [0.1, 0.15) is 0 Å². The summed E-state index contributed by atoms with van der Waals surface area (Å²) in [6.07, 6.45) is 3.61. The molecule has 21 heavy (non-hydrogen) atoms. The third kappa shape index (κ3) is 2.87. The smallest absolute Gasteiger partial charge is 0.0702 e.